The van der Waals surface area contributed by atoms with Gasteiger partial charge in [0.1, 0.15) is 11.1 Å². The Morgan fingerprint density at radius 2 is 2.08 bits per heavy atom. The molecule has 0 unspecified atom stereocenters. The molecule has 2 aromatic heterocycles. The van der Waals surface area contributed by atoms with Crippen LogP contribution in [0.15, 0.2) is 36.4 Å². The molecule has 126 valence electrons. The van der Waals surface area contributed by atoms with Gasteiger partial charge in [0.15, 0.2) is 5.82 Å². The summed E-state index contributed by atoms with van der Waals surface area (Å²) in [5.41, 5.74) is 6.74. The molecule has 4 rings (SSSR count). The average Bonchev–Trinajstić information content (AvgIpc) is 2.95. The standard InChI is InChI=1S/C16H14BrN3O3.ClH/c1-8-10-7-9(17)3-4-11(10)22-14(21)12(8)13-19-15(20-23-13)16(18)5-2-6-16;/h3-4,7H,2,5-6,18H2,1H3;1H. The molecule has 0 radical (unpaired) electrons. The van der Waals surface area contributed by atoms with Crippen LogP contribution in [0.3, 0.4) is 0 Å². The van der Waals surface area contributed by atoms with Crippen LogP contribution in [0.1, 0.15) is 30.7 Å². The van der Waals surface area contributed by atoms with E-state index >= 15 is 0 Å². The van der Waals surface area contributed by atoms with Crippen LogP contribution in [0, 0.1) is 6.92 Å². The number of fused-ring (bicyclic) bond motifs is 1. The van der Waals surface area contributed by atoms with E-state index in [2.05, 4.69) is 26.1 Å². The molecule has 24 heavy (non-hydrogen) atoms. The zero-order valence-electron chi connectivity index (χ0n) is 12.8. The van der Waals surface area contributed by atoms with Gasteiger partial charge in [-0.25, -0.2) is 4.79 Å². The highest BCUT2D eigenvalue weighted by Gasteiger charge is 2.39. The Morgan fingerprint density at radius 1 is 1.33 bits per heavy atom. The highest BCUT2D eigenvalue weighted by atomic mass is 79.9. The zero-order chi connectivity index (χ0) is 16.2. The van der Waals surface area contributed by atoms with Gasteiger partial charge in [-0.3, -0.25) is 0 Å². The highest BCUT2D eigenvalue weighted by Crippen LogP contribution is 2.38. The van der Waals surface area contributed by atoms with Gasteiger partial charge in [0.25, 0.3) is 5.89 Å². The van der Waals surface area contributed by atoms with Gasteiger partial charge in [-0.1, -0.05) is 21.1 Å². The van der Waals surface area contributed by atoms with Crippen molar-refractivity contribution in [3.8, 4) is 11.5 Å². The lowest BCUT2D eigenvalue weighted by Gasteiger charge is -2.34. The maximum atomic E-state index is 12.3. The van der Waals surface area contributed by atoms with Gasteiger partial charge in [-0.2, -0.15) is 4.98 Å². The summed E-state index contributed by atoms with van der Waals surface area (Å²) in [6.07, 6.45) is 2.69. The monoisotopic (exact) mass is 411 g/mol. The van der Waals surface area contributed by atoms with E-state index in [1.54, 1.807) is 6.07 Å². The first-order valence-corrected chi connectivity index (χ1v) is 8.14. The number of nitrogens with two attached hydrogens (primary N) is 1. The Bertz CT molecular complexity index is 978. The zero-order valence-corrected chi connectivity index (χ0v) is 15.2. The van der Waals surface area contributed by atoms with E-state index < -0.39 is 11.2 Å². The lowest BCUT2D eigenvalue weighted by atomic mass is 9.77. The molecule has 1 saturated carbocycles. The van der Waals surface area contributed by atoms with E-state index in [1.165, 1.54) is 0 Å². The number of rotatable bonds is 2. The number of hydrogen-bond donors (Lipinski definition) is 1. The van der Waals surface area contributed by atoms with Gasteiger partial charge in [-0.15, -0.1) is 12.4 Å². The van der Waals surface area contributed by atoms with E-state index in [9.17, 15) is 4.79 Å². The van der Waals surface area contributed by atoms with Crippen molar-refractivity contribution >= 4 is 39.3 Å². The predicted molar refractivity (Wildman–Crippen MR) is 95.2 cm³/mol. The molecule has 1 aliphatic rings. The normalized spacial score (nSPS) is 15.8. The third-order valence-corrected chi connectivity index (χ3v) is 4.95. The summed E-state index contributed by atoms with van der Waals surface area (Å²) in [7, 11) is 0. The van der Waals surface area contributed by atoms with Crippen LogP contribution < -0.4 is 11.4 Å². The Balaban J connectivity index is 0.00000169. The Morgan fingerprint density at radius 3 is 2.75 bits per heavy atom. The van der Waals surface area contributed by atoms with Crippen molar-refractivity contribution in [2.45, 2.75) is 31.7 Å². The van der Waals surface area contributed by atoms with E-state index in [4.69, 9.17) is 14.7 Å². The number of nitrogens with zero attached hydrogens (tertiary/aromatic N) is 2. The van der Waals surface area contributed by atoms with Crippen LogP contribution in [0.5, 0.6) is 0 Å². The smallest absolute Gasteiger partial charge is 0.349 e. The maximum Gasteiger partial charge on any atom is 0.349 e. The van der Waals surface area contributed by atoms with Crippen LogP contribution in [-0.2, 0) is 5.54 Å². The molecule has 1 fully saturated rings. The van der Waals surface area contributed by atoms with E-state index in [0.717, 1.165) is 34.7 Å². The molecule has 1 aromatic carbocycles. The first kappa shape index (κ1) is 17.1. The summed E-state index contributed by atoms with van der Waals surface area (Å²) in [6, 6.07) is 5.47. The molecule has 3 aromatic rings. The van der Waals surface area contributed by atoms with Crippen LogP contribution in [0.25, 0.3) is 22.4 Å². The number of benzene rings is 1. The number of aryl methyl sites for hydroxylation is 1. The second-order valence-corrected chi connectivity index (χ2v) is 6.88. The van der Waals surface area contributed by atoms with Gasteiger partial charge >= 0.3 is 5.63 Å². The Hall–Kier alpha value is -1.70. The fraction of sp³-hybridized carbons (Fsp3) is 0.312. The second-order valence-electron chi connectivity index (χ2n) is 5.96. The van der Waals surface area contributed by atoms with Crippen molar-refractivity contribution in [2.24, 2.45) is 5.73 Å². The molecule has 2 N–H and O–H groups in total. The molecule has 0 saturated heterocycles. The van der Waals surface area contributed by atoms with E-state index in [1.807, 2.05) is 19.1 Å². The van der Waals surface area contributed by atoms with Crippen LogP contribution in [0.2, 0.25) is 0 Å². The Labute approximate surface area is 152 Å². The largest absolute Gasteiger partial charge is 0.422 e. The van der Waals surface area contributed by atoms with Crippen molar-refractivity contribution in [3.05, 3.63) is 44.5 Å². The second kappa shape index (κ2) is 5.98. The molecular formula is C16H15BrClN3O3. The molecule has 0 atom stereocenters. The Kier molecular flexibility index (Phi) is 4.27. The first-order chi connectivity index (χ1) is 11.0. The molecule has 1 aliphatic carbocycles. The molecule has 0 bridgehead atoms. The van der Waals surface area contributed by atoms with Crippen LogP contribution in [-0.4, -0.2) is 10.1 Å². The van der Waals surface area contributed by atoms with Crippen molar-refractivity contribution in [1.82, 2.24) is 10.1 Å². The summed E-state index contributed by atoms with van der Waals surface area (Å²) in [5, 5.41) is 4.78. The van der Waals surface area contributed by atoms with Crippen molar-refractivity contribution in [3.63, 3.8) is 0 Å². The summed E-state index contributed by atoms with van der Waals surface area (Å²) >= 11 is 3.43. The number of aromatic nitrogens is 2. The van der Waals surface area contributed by atoms with Gasteiger partial charge in [-0.05, 0) is 49.9 Å². The summed E-state index contributed by atoms with van der Waals surface area (Å²) < 4.78 is 11.6. The highest BCUT2D eigenvalue weighted by molar-refractivity contribution is 9.10. The summed E-state index contributed by atoms with van der Waals surface area (Å²) in [5.74, 6) is 0.608. The fourth-order valence-corrected chi connectivity index (χ4v) is 3.24. The maximum absolute atomic E-state index is 12.3. The van der Waals surface area contributed by atoms with Gasteiger partial charge in [0, 0.05) is 9.86 Å². The SMILES string of the molecule is Cc1c(-c2nc(C3(N)CCC3)no2)c(=O)oc2ccc(Br)cc12.Cl. The topological polar surface area (TPSA) is 95.1 Å². The van der Waals surface area contributed by atoms with Crippen molar-refractivity contribution in [2.75, 3.05) is 0 Å². The predicted octanol–water partition coefficient (Wildman–Crippen LogP) is 3.67. The molecule has 0 spiro atoms. The lowest BCUT2D eigenvalue weighted by molar-refractivity contribution is 0.229. The quantitative estimate of drug-likeness (QED) is 0.645. The molecule has 0 aliphatic heterocycles. The first-order valence-electron chi connectivity index (χ1n) is 7.34. The van der Waals surface area contributed by atoms with E-state index in [0.29, 0.717) is 11.4 Å². The van der Waals surface area contributed by atoms with E-state index in [-0.39, 0.29) is 23.9 Å². The molecule has 2 heterocycles. The molecule has 0 amide bonds. The van der Waals surface area contributed by atoms with Crippen LogP contribution in [0.4, 0.5) is 0 Å². The van der Waals surface area contributed by atoms with Gasteiger partial charge < -0.3 is 14.7 Å². The number of halogens is 2. The van der Waals surface area contributed by atoms with Gasteiger partial charge in [0.05, 0.1) is 5.54 Å². The molecule has 6 nitrogen and oxygen atoms in total. The third-order valence-electron chi connectivity index (χ3n) is 4.46. The summed E-state index contributed by atoms with van der Waals surface area (Å²) in [6.45, 7) is 1.84. The lowest BCUT2D eigenvalue weighted by Crippen LogP contribution is -2.44. The average molecular weight is 413 g/mol. The minimum Gasteiger partial charge on any atom is -0.422 e. The van der Waals surface area contributed by atoms with Crippen molar-refractivity contribution < 1.29 is 8.94 Å². The summed E-state index contributed by atoms with van der Waals surface area (Å²) in [4.78, 5) is 16.7. The third kappa shape index (κ3) is 2.56. The van der Waals surface area contributed by atoms with Crippen LogP contribution >= 0.6 is 28.3 Å². The van der Waals surface area contributed by atoms with Crippen molar-refractivity contribution in [1.29, 1.82) is 0 Å². The minimum absolute atomic E-state index is 0. The number of hydrogen-bond acceptors (Lipinski definition) is 6. The molecular weight excluding hydrogens is 398 g/mol. The fourth-order valence-electron chi connectivity index (χ4n) is 2.88. The minimum atomic E-state index is -0.532. The van der Waals surface area contributed by atoms with Gasteiger partial charge in [0.2, 0.25) is 0 Å². The molecule has 8 heteroatoms.